The van der Waals surface area contributed by atoms with E-state index in [1.807, 2.05) is 6.07 Å². The molecular formula is C10H10FN3O. The standard InChI is InChI=1S/C10H10FN3O/c11-9-5-3-4-8(14-9)10(15)13-7-2-1-6-12/h3-5H,1-2,7H2,(H,13,15). The third-order valence-electron chi connectivity index (χ3n) is 1.70. The fourth-order valence-electron chi connectivity index (χ4n) is 0.995. The molecule has 0 aliphatic heterocycles. The molecule has 0 radical (unpaired) electrons. The van der Waals surface area contributed by atoms with Crippen LogP contribution in [0.3, 0.4) is 0 Å². The SMILES string of the molecule is N#CCCCNC(=O)c1cccc(F)n1. The van der Waals surface area contributed by atoms with Gasteiger partial charge in [0, 0.05) is 13.0 Å². The molecule has 0 aliphatic rings. The van der Waals surface area contributed by atoms with Gasteiger partial charge in [-0.3, -0.25) is 4.79 Å². The summed E-state index contributed by atoms with van der Waals surface area (Å²) < 4.78 is 12.6. The summed E-state index contributed by atoms with van der Waals surface area (Å²) in [6.07, 6.45) is 0.967. The van der Waals surface area contributed by atoms with Crippen LogP contribution in [0.2, 0.25) is 0 Å². The minimum absolute atomic E-state index is 0.0481. The third kappa shape index (κ3) is 3.73. The maximum Gasteiger partial charge on any atom is 0.269 e. The average Bonchev–Trinajstić information content (AvgIpc) is 2.24. The fraction of sp³-hybridized carbons (Fsp3) is 0.300. The first kappa shape index (κ1) is 11.1. The van der Waals surface area contributed by atoms with E-state index < -0.39 is 11.9 Å². The number of pyridine rings is 1. The first-order valence-corrected chi connectivity index (χ1v) is 4.52. The Morgan fingerprint density at radius 2 is 2.40 bits per heavy atom. The summed E-state index contributed by atoms with van der Waals surface area (Å²) in [6, 6.07) is 5.99. The molecule has 5 heteroatoms. The first-order valence-electron chi connectivity index (χ1n) is 4.52. The second kappa shape index (κ2) is 5.70. The van der Waals surface area contributed by atoms with Crippen molar-refractivity contribution < 1.29 is 9.18 Å². The van der Waals surface area contributed by atoms with E-state index in [9.17, 15) is 9.18 Å². The van der Waals surface area contributed by atoms with E-state index in [0.717, 1.165) is 0 Å². The van der Waals surface area contributed by atoms with Gasteiger partial charge in [0.1, 0.15) is 5.69 Å². The number of nitrogens with one attached hydrogen (secondary N) is 1. The van der Waals surface area contributed by atoms with Crippen LogP contribution >= 0.6 is 0 Å². The number of nitrogens with zero attached hydrogens (tertiary/aromatic N) is 2. The number of amides is 1. The summed E-state index contributed by atoms with van der Waals surface area (Å²) in [5, 5.41) is 10.8. The predicted molar refractivity (Wildman–Crippen MR) is 51.4 cm³/mol. The lowest BCUT2D eigenvalue weighted by molar-refractivity contribution is 0.0947. The molecule has 78 valence electrons. The van der Waals surface area contributed by atoms with Gasteiger partial charge in [0.2, 0.25) is 5.95 Å². The Morgan fingerprint density at radius 1 is 1.60 bits per heavy atom. The van der Waals surface area contributed by atoms with Gasteiger partial charge in [-0.05, 0) is 18.6 Å². The van der Waals surface area contributed by atoms with Crippen molar-refractivity contribution in [2.24, 2.45) is 0 Å². The maximum atomic E-state index is 12.6. The number of rotatable bonds is 4. The highest BCUT2D eigenvalue weighted by atomic mass is 19.1. The molecule has 15 heavy (non-hydrogen) atoms. The molecular weight excluding hydrogens is 197 g/mol. The molecule has 0 fully saturated rings. The molecule has 0 aliphatic carbocycles. The average molecular weight is 207 g/mol. The van der Waals surface area contributed by atoms with E-state index in [-0.39, 0.29) is 5.69 Å². The van der Waals surface area contributed by atoms with Crippen molar-refractivity contribution >= 4 is 5.91 Å². The highest BCUT2D eigenvalue weighted by Gasteiger charge is 2.06. The predicted octanol–water partition coefficient (Wildman–Crippen LogP) is 1.25. The van der Waals surface area contributed by atoms with Crippen LogP contribution in [0.25, 0.3) is 0 Å². The number of nitriles is 1. The van der Waals surface area contributed by atoms with E-state index in [1.165, 1.54) is 18.2 Å². The smallest absolute Gasteiger partial charge is 0.269 e. The lowest BCUT2D eigenvalue weighted by atomic mass is 10.3. The number of carbonyl (C=O) groups is 1. The van der Waals surface area contributed by atoms with Crippen molar-refractivity contribution in [3.05, 3.63) is 29.8 Å². The minimum Gasteiger partial charge on any atom is -0.351 e. The summed E-state index contributed by atoms with van der Waals surface area (Å²) in [7, 11) is 0. The number of aromatic nitrogens is 1. The molecule has 1 aromatic rings. The van der Waals surface area contributed by atoms with Gasteiger partial charge in [-0.25, -0.2) is 4.98 Å². The van der Waals surface area contributed by atoms with Crippen LogP contribution in [0.5, 0.6) is 0 Å². The minimum atomic E-state index is -0.681. The van der Waals surface area contributed by atoms with Gasteiger partial charge in [-0.1, -0.05) is 6.07 Å². The van der Waals surface area contributed by atoms with Crippen molar-refractivity contribution in [3.8, 4) is 6.07 Å². The summed E-state index contributed by atoms with van der Waals surface area (Å²) in [4.78, 5) is 14.8. The summed E-state index contributed by atoms with van der Waals surface area (Å²) in [6.45, 7) is 0.393. The zero-order valence-corrected chi connectivity index (χ0v) is 8.03. The molecule has 0 aromatic carbocycles. The number of hydrogen-bond donors (Lipinski definition) is 1. The van der Waals surface area contributed by atoms with E-state index in [1.54, 1.807) is 0 Å². The summed E-state index contributed by atoms with van der Waals surface area (Å²) in [5.74, 6) is -1.10. The Bertz CT molecular complexity index is 386. The van der Waals surface area contributed by atoms with Gasteiger partial charge in [-0.2, -0.15) is 9.65 Å². The third-order valence-corrected chi connectivity index (χ3v) is 1.70. The van der Waals surface area contributed by atoms with Crippen LogP contribution in [-0.4, -0.2) is 17.4 Å². The van der Waals surface area contributed by atoms with Crippen LogP contribution in [-0.2, 0) is 0 Å². The molecule has 1 rings (SSSR count). The van der Waals surface area contributed by atoms with Gasteiger partial charge in [0.25, 0.3) is 5.91 Å². The maximum absolute atomic E-state index is 12.6. The van der Waals surface area contributed by atoms with Gasteiger partial charge < -0.3 is 5.32 Å². The second-order valence-electron chi connectivity index (χ2n) is 2.86. The van der Waals surface area contributed by atoms with Crippen molar-refractivity contribution in [2.45, 2.75) is 12.8 Å². The highest BCUT2D eigenvalue weighted by molar-refractivity contribution is 5.92. The second-order valence-corrected chi connectivity index (χ2v) is 2.86. The molecule has 1 heterocycles. The van der Waals surface area contributed by atoms with Gasteiger partial charge in [-0.15, -0.1) is 0 Å². The lowest BCUT2D eigenvalue weighted by Gasteiger charge is -2.02. The molecule has 4 nitrogen and oxygen atoms in total. The van der Waals surface area contributed by atoms with Gasteiger partial charge in [0.05, 0.1) is 6.07 Å². The Hall–Kier alpha value is -1.96. The molecule has 0 spiro atoms. The molecule has 1 amide bonds. The molecule has 1 N–H and O–H groups in total. The van der Waals surface area contributed by atoms with Crippen LogP contribution < -0.4 is 5.32 Å². The number of unbranched alkanes of at least 4 members (excludes halogenated alkanes) is 1. The van der Waals surface area contributed by atoms with Gasteiger partial charge in [0.15, 0.2) is 0 Å². The number of halogens is 1. The normalized spacial score (nSPS) is 9.33. The first-order chi connectivity index (χ1) is 7.24. The molecule has 1 aromatic heterocycles. The van der Waals surface area contributed by atoms with Gasteiger partial charge >= 0.3 is 0 Å². The number of carbonyl (C=O) groups excluding carboxylic acids is 1. The summed E-state index contributed by atoms with van der Waals surface area (Å²) >= 11 is 0. The zero-order valence-electron chi connectivity index (χ0n) is 8.03. The monoisotopic (exact) mass is 207 g/mol. The highest BCUT2D eigenvalue weighted by Crippen LogP contribution is 1.97. The largest absolute Gasteiger partial charge is 0.351 e. The van der Waals surface area contributed by atoms with Crippen LogP contribution in [0.1, 0.15) is 23.3 Å². The van der Waals surface area contributed by atoms with Crippen molar-refractivity contribution in [2.75, 3.05) is 6.54 Å². The zero-order chi connectivity index (χ0) is 11.1. The van der Waals surface area contributed by atoms with E-state index >= 15 is 0 Å². The van der Waals surface area contributed by atoms with Crippen molar-refractivity contribution in [3.63, 3.8) is 0 Å². The Morgan fingerprint density at radius 3 is 3.07 bits per heavy atom. The van der Waals surface area contributed by atoms with Crippen LogP contribution in [0, 0.1) is 17.3 Å². The Labute approximate surface area is 86.7 Å². The Kier molecular flexibility index (Phi) is 4.23. The Balaban J connectivity index is 2.44. The fourth-order valence-corrected chi connectivity index (χ4v) is 0.995. The van der Waals surface area contributed by atoms with E-state index in [2.05, 4.69) is 10.3 Å². The van der Waals surface area contributed by atoms with Crippen LogP contribution in [0.15, 0.2) is 18.2 Å². The van der Waals surface area contributed by atoms with Crippen molar-refractivity contribution in [1.29, 1.82) is 5.26 Å². The summed E-state index contributed by atoms with van der Waals surface area (Å²) in [5.41, 5.74) is 0.0481. The molecule has 0 saturated heterocycles. The van der Waals surface area contributed by atoms with E-state index in [0.29, 0.717) is 19.4 Å². The van der Waals surface area contributed by atoms with E-state index in [4.69, 9.17) is 5.26 Å². The lowest BCUT2D eigenvalue weighted by Crippen LogP contribution is -2.25. The molecule has 0 bridgehead atoms. The molecule has 0 unspecified atom stereocenters. The van der Waals surface area contributed by atoms with Crippen LogP contribution in [0.4, 0.5) is 4.39 Å². The quantitative estimate of drug-likeness (QED) is 0.597. The molecule has 0 atom stereocenters. The molecule has 0 saturated carbocycles. The van der Waals surface area contributed by atoms with Crippen molar-refractivity contribution in [1.82, 2.24) is 10.3 Å². The topological polar surface area (TPSA) is 65.8 Å². The number of hydrogen-bond acceptors (Lipinski definition) is 3.